The first-order chi connectivity index (χ1) is 18.2. The van der Waals surface area contributed by atoms with E-state index in [2.05, 4.69) is 45.1 Å². The van der Waals surface area contributed by atoms with Crippen LogP contribution in [-0.2, 0) is 10.2 Å². The second-order valence-electron chi connectivity index (χ2n) is 9.38. The molecule has 0 bridgehead atoms. The van der Waals surface area contributed by atoms with Crippen LogP contribution in [0.1, 0.15) is 49.0 Å². The number of nitrogens with one attached hydrogen (secondary N) is 4. The van der Waals surface area contributed by atoms with Gasteiger partial charge in [0.05, 0.1) is 37.0 Å². The van der Waals surface area contributed by atoms with Crippen molar-refractivity contribution in [3.8, 4) is 11.8 Å². The predicted molar refractivity (Wildman–Crippen MR) is 146 cm³/mol. The summed E-state index contributed by atoms with van der Waals surface area (Å²) in [5, 5.41) is 21.0. The average molecular weight is 534 g/mol. The minimum absolute atomic E-state index is 0.00346. The lowest BCUT2D eigenvalue weighted by molar-refractivity contribution is -0.116. The molecule has 0 saturated carbocycles. The number of para-hydroxylation sites is 1. The Morgan fingerprint density at radius 3 is 2.84 bits per heavy atom. The Labute approximate surface area is 225 Å². The second-order valence-corrected chi connectivity index (χ2v) is 9.79. The van der Waals surface area contributed by atoms with Crippen molar-refractivity contribution in [3.63, 3.8) is 0 Å². The molecule has 0 atom stereocenters. The summed E-state index contributed by atoms with van der Waals surface area (Å²) >= 11 is 6.41. The van der Waals surface area contributed by atoms with Crippen LogP contribution in [0.4, 0.5) is 28.8 Å². The standard InChI is InChI=1S/C27H28ClN7O3/c1-27(2)11-10-22(36)33-20-9-8-16(14-18(20)27)32-26-31-15-19(28)24(35-26)34-23-17(6-4-7-21(23)38-3)25(37)30-13-5-12-29/h4,6-9,14-15H,5,10-11,13H2,1-3H3,(H,30,37)(H,33,36)(H2,31,32,34,35). The van der Waals surface area contributed by atoms with Crippen molar-refractivity contribution in [1.82, 2.24) is 15.3 Å². The number of hydrogen-bond acceptors (Lipinski definition) is 8. The topological polar surface area (TPSA) is 141 Å². The fraction of sp³-hybridized carbons (Fsp3) is 0.296. The number of benzene rings is 2. The highest BCUT2D eigenvalue weighted by Gasteiger charge is 2.29. The zero-order valence-corrected chi connectivity index (χ0v) is 22.1. The summed E-state index contributed by atoms with van der Waals surface area (Å²) in [6.07, 6.45) is 2.83. The Kier molecular flexibility index (Phi) is 7.98. The summed E-state index contributed by atoms with van der Waals surface area (Å²) in [7, 11) is 1.49. The summed E-state index contributed by atoms with van der Waals surface area (Å²) in [4.78, 5) is 33.7. The number of carbonyl (C=O) groups excluding carboxylic acids is 2. The third-order valence-corrected chi connectivity index (χ3v) is 6.53. The first kappa shape index (κ1) is 26.7. The highest BCUT2D eigenvalue weighted by molar-refractivity contribution is 6.33. The molecule has 0 radical (unpaired) electrons. The Morgan fingerprint density at radius 2 is 2.08 bits per heavy atom. The van der Waals surface area contributed by atoms with Crippen molar-refractivity contribution in [2.75, 3.05) is 29.6 Å². The highest BCUT2D eigenvalue weighted by atomic mass is 35.5. The van der Waals surface area contributed by atoms with Gasteiger partial charge < -0.3 is 26.0 Å². The van der Waals surface area contributed by atoms with E-state index in [-0.39, 0.29) is 47.0 Å². The van der Waals surface area contributed by atoms with E-state index in [1.165, 1.54) is 13.3 Å². The number of fused-ring (bicyclic) bond motifs is 1. The van der Waals surface area contributed by atoms with Crippen LogP contribution >= 0.6 is 11.6 Å². The molecule has 3 aromatic rings. The minimum atomic E-state index is -0.370. The maximum Gasteiger partial charge on any atom is 0.253 e. The predicted octanol–water partition coefficient (Wildman–Crippen LogP) is 5.28. The number of anilines is 5. The fourth-order valence-corrected chi connectivity index (χ4v) is 4.31. The number of carbonyl (C=O) groups is 2. The van der Waals surface area contributed by atoms with Crippen LogP contribution in [0.15, 0.2) is 42.6 Å². The molecule has 1 aliphatic rings. The molecule has 4 rings (SSSR count). The molecule has 0 saturated heterocycles. The van der Waals surface area contributed by atoms with E-state index in [4.69, 9.17) is 21.6 Å². The van der Waals surface area contributed by atoms with Crippen molar-refractivity contribution >= 4 is 52.2 Å². The maximum atomic E-state index is 12.8. The smallest absolute Gasteiger partial charge is 0.253 e. The van der Waals surface area contributed by atoms with E-state index in [1.54, 1.807) is 18.2 Å². The number of nitriles is 1. The SMILES string of the molecule is COc1cccc(C(=O)NCCC#N)c1Nc1nc(Nc2ccc3c(c2)C(C)(C)CCC(=O)N3)ncc1Cl. The Morgan fingerprint density at radius 1 is 1.26 bits per heavy atom. The molecular formula is C27H28ClN7O3. The molecule has 1 aliphatic heterocycles. The monoisotopic (exact) mass is 533 g/mol. The van der Waals surface area contributed by atoms with E-state index < -0.39 is 0 Å². The number of nitrogens with zero attached hydrogens (tertiary/aromatic N) is 3. The van der Waals surface area contributed by atoms with Gasteiger partial charge in [-0.15, -0.1) is 0 Å². The molecule has 4 N–H and O–H groups in total. The van der Waals surface area contributed by atoms with Crippen LogP contribution in [-0.4, -0.2) is 35.4 Å². The Balaban J connectivity index is 1.62. The Hall–Kier alpha value is -4.36. The van der Waals surface area contributed by atoms with Gasteiger partial charge in [-0.05, 0) is 47.7 Å². The van der Waals surface area contributed by atoms with Gasteiger partial charge in [0.1, 0.15) is 10.8 Å². The van der Waals surface area contributed by atoms with Crippen LogP contribution in [0, 0.1) is 11.3 Å². The summed E-state index contributed by atoms with van der Waals surface area (Å²) in [5.41, 5.74) is 3.03. The van der Waals surface area contributed by atoms with Gasteiger partial charge >= 0.3 is 0 Å². The van der Waals surface area contributed by atoms with Crippen molar-refractivity contribution in [2.45, 2.75) is 38.5 Å². The minimum Gasteiger partial charge on any atom is -0.495 e. The van der Waals surface area contributed by atoms with Crippen LogP contribution in [0.3, 0.4) is 0 Å². The van der Waals surface area contributed by atoms with E-state index in [0.29, 0.717) is 23.4 Å². The third-order valence-electron chi connectivity index (χ3n) is 6.26. The van der Waals surface area contributed by atoms with Crippen molar-refractivity contribution in [2.24, 2.45) is 0 Å². The summed E-state index contributed by atoms with van der Waals surface area (Å²) in [6, 6.07) is 12.7. The van der Waals surface area contributed by atoms with E-state index in [1.807, 2.05) is 24.3 Å². The molecule has 2 aromatic carbocycles. The molecule has 2 heterocycles. The van der Waals surface area contributed by atoms with Gasteiger partial charge in [0.2, 0.25) is 11.9 Å². The first-order valence-corrected chi connectivity index (χ1v) is 12.4. The number of hydrogen-bond donors (Lipinski definition) is 4. The van der Waals surface area contributed by atoms with Gasteiger partial charge in [-0.3, -0.25) is 9.59 Å². The molecule has 0 fully saturated rings. The van der Waals surface area contributed by atoms with Crippen molar-refractivity contribution < 1.29 is 14.3 Å². The molecule has 196 valence electrons. The van der Waals surface area contributed by atoms with Gasteiger partial charge in [0, 0.05) is 24.3 Å². The lowest BCUT2D eigenvalue weighted by Crippen LogP contribution is -2.25. The van der Waals surface area contributed by atoms with E-state index >= 15 is 0 Å². The highest BCUT2D eigenvalue weighted by Crippen LogP contribution is 2.39. The number of amides is 2. The van der Waals surface area contributed by atoms with Crippen LogP contribution < -0.4 is 26.0 Å². The number of methoxy groups -OCH3 is 1. The van der Waals surface area contributed by atoms with Gasteiger partial charge in [-0.25, -0.2) is 4.98 Å². The second kappa shape index (κ2) is 11.4. The first-order valence-electron chi connectivity index (χ1n) is 12.0. The van der Waals surface area contributed by atoms with Crippen molar-refractivity contribution in [3.05, 3.63) is 58.7 Å². The molecular weight excluding hydrogens is 506 g/mol. The molecule has 38 heavy (non-hydrogen) atoms. The van der Waals surface area contributed by atoms with Crippen LogP contribution in [0.25, 0.3) is 0 Å². The average Bonchev–Trinajstić information content (AvgIpc) is 3.01. The normalized spacial score (nSPS) is 13.8. The van der Waals surface area contributed by atoms with E-state index in [0.717, 1.165) is 23.4 Å². The van der Waals surface area contributed by atoms with Gasteiger partial charge in [0.25, 0.3) is 5.91 Å². The molecule has 11 heteroatoms. The maximum absolute atomic E-state index is 12.8. The quantitative estimate of drug-likeness (QED) is 0.287. The molecule has 1 aromatic heterocycles. The zero-order valence-electron chi connectivity index (χ0n) is 21.3. The molecule has 10 nitrogen and oxygen atoms in total. The number of ether oxygens (including phenoxy) is 1. The lowest BCUT2D eigenvalue weighted by atomic mass is 9.80. The van der Waals surface area contributed by atoms with Gasteiger partial charge in [-0.2, -0.15) is 10.2 Å². The molecule has 0 spiro atoms. The van der Waals surface area contributed by atoms with E-state index in [9.17, 15) is 9.59 Å². The third kappa shape index (κ3) is 5.95. The molecule has 0 unspecified atom stereocenters. The zero-order chi connectivity index (χ0) is 27.3. The van der Waals surface area contributed by atoms with Crippen molar-refractivity contribution in [1.29, 1.82) is 5.26 Å². The van der Waals surface area contributed by atoms with Crippen LogP contribution in [0.2, 0.25) is 5.02 Å². The molecule has 2 amide bonds. The largest absolute Gasteiger partial charge is 0.495 e. The van der Waals surface area contributed by atoms with Gasteiger partial charge in [-0.1, -0.05) is 31.5 Å². The lowest BCUT2D eigenvalue weighted by Gasteiger charge is -2.25. The molecule has 0 aliphatic carbocycles. The Bertz CT molecular complexity index is 1420. The van der Waals surface area contributed by atoms with Crippen LogP contribution in [0.5, 0.6) is 5.75 Å². The fourth-order valence-electron chi connectivity index (χ4n) is 4.17. The number of rotatable bonds is 8. The summed E-state index contributed by atoms with van der Waals surface area (Å²) < 4.78 is 5.46. The summed E-state index contributed by atoms with van der Waals surface area (Å²) in [5.74, 6) is 0.593. The number of aromatic nitrogens is 2. The summed E-state index contributed by atoms with van der Waals surface area (Å²) in [6.45, 7) is 4.44. The number of halogens is 1. The van der Waals surface area contributed by atoms with Gasteiger partial charge in [0.15, 0.2) is 5.82 Å².